The fourth-order valence-electron chi connectivity index (χ4n) is 3.04. The predicted octanol–water partition coefficient (Wildman–Crippen LogP) is 6.27. The number of ether oxygens (including phenoxy) is 2. The molecular formula is C23H15Br2NO3. The van der Waals surface area contributed by atoms with Gasteiger partial charge in [0.25, 0.3) is 0 Å². The monoisotopic (exact) mass is 511 g/mol. The molecule has 0 aliphatic carbocycles. The second kappa shape index (κ2) is 8.35. The minimum atomic E-state index is -0.479. The van der Waals surface area contributed by atoms with Crippen molar-refractivity contribution in [2.75, 3.05) is 6.61 Å². The van der Waals surface area contributed by atoms with Crippen LogP contribution in [0.25, 0.3) is 16.8 Å². The first kappa shape index (κ1) is 19.6. The van der Waals surface area contributed by atoms with E-state index in [-0.39, 0.29) is 5.70 Å². The van der Waals surface area contributed by atoms with Crippen molar-refractivity contribution >= 4 is 60.6 Å². The van der Waals surface area contributed by atoms with Crippen molar-refractivity contribution in [1.29, 1.82) is 0 Å². The third kappa shape index (κ3) is 4.04. The average molecular weight is 513 g/mol. The zero-order valence-corrected chi connectivity index (χ0v) is 18.4. The van der Waals surface area contributed by atoms with E-state index in [4.69, 9.17) is 9.47 Å². The van der Waals surface area contributed by atoms with Crippen LogP contribution >= 0.6 is 31.9 Å². The lowest BCUT2D eigenvalue weighted by atomic mass is 10.0. The molecule has 3 aromatic carbocycles. The van der Waals surface area contributed by atoms with Gasteiger partial charge in [-0.2, -0.15) is 0 Å². The Balaban J connectivity index is 1.71. The Kier molecular flexibility index (Phi) is 5.65. The van der Waals surface area contributed by atoms with Crippen molar-refractivity contribution in [1.82, 2.24) is 0 Å². The number of carbonyl (C=O) groups excluding carboxylic acids is 1. The van der Waals surface area contributed by atoms with Crippen LogP contribution in [0.2, 0.25) is 0 Å². The number of fused-ring (bicyclic) bond motifs is 1. The van der Waals surface area contributed by atoms with Crippen molar-refractivity contribution in [3.8, 4) is 5.75 Å². The molecule has 0 spiro atoms. The Hall–Kier alpha value is -2.70. The quantitative estimate of drug-likeness (QED) is 0.230. The summed E-state index contributed by atoms with van der Waals surface area (Å²) in [4.78, 5) is 16.9. The van der Waals surface area contributed by atoms with E-state index in [2.05, 4.69) is 43.4 Å². The Morgan fingerprint density at radius 2 is 1.79 bits per heavy atom. The molecule has 6 heteroatoms. The maximum Gasteiger partial charge on any atom is 0.363 e. The molecular weight excluding hydrogens is 498 g/mol. The smallest absolute Gasteiger partial charge is 0.363 e. The molecule has 1 aliphatic rings. The largest absolute Gasteiger partial charge is 0.487 e. The summed E-state index contributed by atoms with van der Waals surface area (Å²) >= 11 is 7.00. The number of hydrogen-bond donors (Lipinski definition) is 0. The summed E-state index contributed by atoms with van der Waals surface area (Å²) in [6.07, 6.45) is 3.36. The SMILES string of the molecule is C=CCOc1c(Br)cc(C=C2N=C(c3cccc4ccccc34)OC2=O)cc1Br. The van der Waals surface area contributed by atoms with Gasteiger partial charge in [-0.3, -0.25) is 0 Å². The fourth-order valence-corrected chi connectivity index (χ4v) is 4.49. The van der Waals surface area contributed by atoms with Crippen LogP contribution in [0.3, 0.4) is 0 Å². The van der Waals surface area contributed by atoms with Crippen LogP contribution in [0, 0.1) is 0 Å². The molecule has 1 aliphatic heterocycles. The maximum absolute atomic E-state index is 12.4. The van der Waals surface area contributed by atoms with Gasteiger partial charge >= 0.3 is 5.97 Å². The van der Waals surface area contributed by atoms with Crippen molar-refractivity contribution in [3.05, 3.63) is 93.0 Å². The average Bonchev–Trinajstić information content (AvgIpc) is 3.07. The molecule has 0 atom stereocenters. The number of aliphatic imine (C=N–C) groups is 1. The molecule has 0 saturated carbocycles. The molecule has 3 aromatic rings. The normalized spacial score (nSPS) is 14.8. The molecule has 4 nitrogen and oxygen atoms in total. The zero-order chi connectivity index (χ0) is 20.4. The van der Waals surface area contributed by atoms with Gasteiger partial charge in [0.05, 0.1) is 8.95 Å². The summed E-state index contributed by atoms with van der Waals surface area (Å²) in [6, 6.07) is 17.5. The lowest BCUT2D eigenvalue weighted by Crippen LogP contribution is -2.05. The van der Waals surface area contributed by atoms with Gasteiger partial charge in [0, 0.05) is 5.56 Å². The number of nitrogens with zero attached hydrogens (tertiary/aromatic N) is 1. The molecule has 29 heavy (non-hydrogen) atoms. The van der Waals surface area contributed by atoms with Crippen LogP contribution in [0.5, 0.6) is 5.75 Å². The van der Waals surface area contributed by atoms with E-state index in [1.165, 1.54) is 0 Å². The van der Waals surface area contributed by atoms with Gasteiger partial charge in [-0.15, -0.1) is 0 Å². The molecule has 0 saturated heterocycles. The fraction of sp³-hybridized carbons (Fsp3) is 0.0435. The third-order valence-corrected chi connectivity index (χ3v) is 5.49. The summed E-state index contributed by atoms with van der Waals surface area (Å²) in [5.74, 6) is 0.496. The highest BCUT2D eigenvalue weighted by Crippen LogP contribution is 2.36. The van der Waals surface area contributed by atoms with Crippen LogP contribution in [0.1, 0.15) is 11.1 Å². The highest BCUT2D eigenvalue weighted by atomic mass is 79.9. The number of esters is 1. The molecule has 0 unspecified atom stereocenters. The Morgan fingerprint density at radius 3 is 2.55 bits per heavy atom. The van der Waals surface area contributed by atoms with Crippen LogP contribution in [0.4, 0.5) is 0 Å². The van der Waals surface area contributed by atoms with E-state index in [1.807, 2.05) is 54.6 Å². The molecule has 0 fully saturated rings. The zero-order valence-electron chi connectivity index (χ0n) is 15.2. The molecule has 0 radical (unpaired) electrons. The predicted molar refractivity (Wildman–Crippen MR) is 122 cm³/mol. The number of benzene rings is 3. The summed E-state index contributed by atoms with van der Waals surface area (Å²) in [6.45, 7) is 4.04. The van der Waals surface area contributed by atoms with Gasteiger partial charge in [-0.05, 0) is 72.5 Å². The number of cyclic esters (lactones) is 1. The van der Waals surface area contributed by atoms with E-state index >= 15 is 0 Å². The van der Waals surface area contributed by atoms with E-state index in [0.29, 0.717) is 18.3 Å². The Morgan fingerprint density at radius 1 is 1.07 bits per heavy atom. The molecule has 4 rings (SSSR count). The van der Waals surface area contributed by atoms with Crippen LogP contribution < -0.4 is 4.74 Å². The maximum atomic E-state index is 12.4. The van der Waals surface area contributed by atoms with Crippen molar-refractivity contribution in [3.63, 3.8) is 0 Å². The van der Waals surface area contributed by atoms with E-state index in [0.717, 1.165) is 30.8 Å². The van der Waals surface area contributed by atoms with Crippen molar-refractivity contribution in [2.24, 2.45) is 4.99 Å². The molecule has 1 heterocycles. The van der Waals surface area contributed by atoms with E-state index < -0.39 is 5.97 Å². The lowest BCUT2D eigenvalue weighted by Gasteiger charge is -2.09. The number of rotatable bonds is 5. The minimum absolute atomic E-state index is 0.242. The molecule has 0 aromatic heterocycles. The van der Waals surface area contributed by atoms with Crippen LogP contribution in [0.15, 0.2) is 86.9 Å². The molecule has 0 amide bonds. The van der Waals surface area contributed by atoms with Gasteiger partial charge in [0.15, 0.2) is 5.70 Å². The molecule has 144 valence electrons. The van der Waals surface area contributed by atoms with Gasteiger partial charge in [0.2, 0.25) is 5.90 Å². The Bertz CT molecular complexity index is 1170. The van der Waals surface area contributed by atoms with E-state index in [1.54, 1.807) is 12.2 Å². The molecule has 0 bridgehead atoms. The lowest BCUT2D eigenvalue weighted by molar-refractivity contribution is -0.129. The topological polar surface area (TPSA) is 47.9 Å². The van der Waals surface area contributed by atoms with Crippen molar-refractivity contribution < 1.29 is 14.3 Å². The number of hydrogen-bond acceptors (Lipinski definition) is 4. The number of carbonyl (C=O) groups is 1. The van der Waals surface area contributed by atoms with Crippen molar-refractivity contribution in [2.45, 2.75) is 0 Å². The standard InChI is InChI=1S/C23H15Br2NO3/c1-2-10-28-21-18(24)11-14(12-19(21)25)13-20-23(27)29-22(26-20)17-9-5-7-15-6-3-4-8-16(15)17/h2-9,11-13H,1,10H2. The number of halogens is 2. The van der Waals surface area contributed by atoms with Gasteiger partial charge in [-0.25, -0.2) is 9.79 Å². The van der Waals surface area contributed by atoms with Crippen LogP contribution in [-0.4, -0.2) is 18.5 Å². The van der Waals surface area contributed by atoms with Crippen LogP contribution in [-0.2, 0) is 9.53 Å². The summed E-state index contributed by atoms with van der Waals surface area (Å²) in [5.41, 5.74) is 1.81. The second-order valence-corrected chi connectivity index (χ2v) is 7.98. The first-order chi connectivity index (χ1) is 14.1. The van der Waals surface area contributed by atoms with Gasteiger partial charge in [0.1, 0.15) is 12.4 Å². The third-order valence-electron chi connectivity index (χ3n) is 4.31. The first-order valence-corrected chi connectivity index (χ1v) is 10.4. The highest BCUT2D eigenvalue weighted by molar-refractivity contribution is 9.11. The van der Waals surface area contributed by atoms with Gasteiger partial charge in [-0.1, -0.05) is 49.1 Å². The minimum Gasteiger partial charge on any atom is -0.487 e. The molecule has 0 N–H and O–H groups in total. The second-order valence-electron chi connectivity index (χ2n) is 6.28. The van der Waals surface area contributed by atoms with E-state index in [9.17, 15) is 4.79 Å². The summed E-state index contributed by atoms with van der Waals surface area (Å²) < 4.78 is 12.6. The van der Waals surface area contributed by atoms with Gasteiger partial charge < -0.3 is 9.47 Å². The Labute approximate surface area is 184 Å². The summed E-state index contributed by atoms with van der Waals surface area (Å²) in [7, 11) is 0. The highest BCUT2D eigenvalue weighted by Gasteiger charge is 2.25. The summed E-state index contributed by atoms with van der Waals surface area (Å²) in [5, 5.41) is 2.04. The first-order valence-electron chi connectivity index (χ1n) is 8.80.